The van der Waals surface area contributed by atoms with Crippen LogP contribution in [0.1, 0.15) is 17.0 Å². The third kappa shape index (κ3) is 4.66. The van der Waals surface area contributed by atoms with Gasteiger partial charge in [-0.05, 0) is 41.8 Å². The number of hydrogen-bond acceptors (Lipinski definition) is 4. The molecule has 24 heavy (non-hydrogen) atoms. The van der Waals surface area contributed by atoms with Crippen LogP contribution in [-0.4, -0.2) is 15.9 Å². The van der Waals surface area contributed by atoms with E-state index in [2.05, 4.69) is 14.7 Å². The van der Waals surface area contributed by atoms with Crippen molar-refractivity contribution in [3.05, 3.63) is 75.3 Å². The van der Waals surface area contributed by atoms with Crippen LogP contribution >= 0.6 is 34.7 Å². The molecule has 0 aliphatic rings. The molecule has 0 saturated carbocycles. The Morgan fingerprint density at radius 2 is 1.75 bits per heavy atom. The average molecular weight is 382 g/mol. The zero-order valence-electron chi connectivity index (χ0n) is 12.6. The summed E-state index contributed by atoms with van der Waals surface area (Å²) in [7, 11) is 0. The van der Waals surface area contributed by atoms with Gasteiger partial charge >= 0.3 is 0 Å². The first-order valence-electron chi connectivity index (χ1n) is 7.35. The van der Waals surface area contributed by atoms with Gasteiger partial charge in [-0.2, -0.15) is 4.37 Å². The van der Waals surface area contributed by atoms with Crippen molar-refractivity contribution in [3.63, 3.8) is 0 Å². The summed E-state index contributed by atoms with van der Waals surface area (Å²) in [5.41, 5.74) is 2.09. The second-order valence-electron chi connectivity index (χ2n) is 5.24. The highest BCUT2D eigenvalue weighted by Crippen LogP contribution is 2.23. The molecule has 124 valence electrons. The Kier molecular flexibility index (Phi) is 5.66. The maximum atomic E-state index is 12.9. The van der Waals surface area contributed by atoms with Crippen LogP contribution in [0, 0.1) is 5.82 Å². The third-order valence-electron chi connectivity index (χ3n) is 3.42. The zero-order chi connectivity index (χ0) is 16.9. The molecule has 0 aliphatic carbocycles. The van der Waals surface area contributed by atoms with E-state index in [-0.39, 0.29) is 5.82 Å². The highest BCUT2D eigenvalue weighted by molar-refractivity contribution is 7.09. The Hall–Kier alpha value is -1.69. The number of benzene rings is 2. The van der Waals surface area contributed by atoms with Gasteiger partial charge in [-0.15, -0.1) is 0 Å². The molecule has 7 heteroatoms. The molecule has 0 radical (unpaired) electrons. The molecule has 0 saturated heterocycles. The van der Waals surface area contributed by atoms with Gasteiger partial charge < -0.3 is 5.32 Å². The van der Waals surface area contributed by atoms with E-state index in [1.165, 1.54) is 23.7 Å². The van der Waals surface area contributed by atoms with Crippen molar-refractivity contribution in [2.24, 2.45) is 0 Å². The van der Waals surface area contributed by atoms with Crippen LogP contribution in [0.15, 0.2) is 42.5 Å². The van der Waals surface area contributed by atoms with Crippen LogP contribution in [0.25, 0.3) is 0 Å². The van der Waals surface area contributed by atoms with E-state index in [0.717, 1.165) is 35.0 Å². The Balaban J connectivity index is 1.52. The fourth-order valence-electron chi connectivity index (χ4n) is 2.19. The lowest BCUT2D eigenvalue weighted by Crippen LogP contribution is -2.04. The summed E-state index contributed by atoms with van der Waals surface area (Å²) in [6, 6.07) is 12.0. The minimum Gasteiger partial charge on any atom is -0.360 e. The van der Waals surface area contributed by atoms with Gasteiger partial charge in [0.1, 0.15) is 11.6 Å². The summed E-state index contributed by atoms with van der Waals surface area (Å²) in [6.07, 6.45) is 1.40. The number of halogens is 3. The van der Waals surface area contributed by atoms with Crippen LogP contribution in [0.5, 0.6) is 0 Å². The quantitative estimate of drug-likeness (QED) is 0.635. The van der Waals surface area contributed by atoms with Crippen LogP contribution in [0.4, 0.5) is 9.52 Å². The van der Waals surface area contributed by atoms with Crippen molar-refractivity contribution in [2.45, 2.75) is 12.8 Å². The van der Waals surface area contributed by atoms with Crippen molar-refractivity contribution in [3.8, 4) is 0 Å². The van der Waals surface area contributed by atoms with E-state index in [4.69, 9.17) is 23.2 Å². The maximum Gasteiger partial charge on any atom is 0.202 e. The topological polar surface area (TPSA) is 37.8 Å². The monoisotopic (exact) mass is 381 g/mol. The first kappa shape index (κ1) is 17.1. The van der Waals surface area contributed by atoms with E-state index in [1.54, 1.807) is 18.2 Å². The minimum atomic E-state index is -0.241. The number of hydrogen-bond donors (Lipinski definition) is 1. The maximum absolute atomic E-state index is 12.9. The van der Waals surface area contributed by atoms with Crippen molar-refractivity contribution in [2.75, 3.05) is 11.9 Å². The fourth-order valence-corrected chi connectivity index (χ4v) is 3.12. The number of rotatable bonds is 6. The molecule has 0 atom stereocenters. The van der Waals surface area contributed by atoms with E-state index < -0.39 is 0 Å². The molecule has 1 N–H and O–H groups in total. The largest absolute Gasteiger partial charge is 0.360 e. The summed E-state index contributed by atoms with van der Waals surface area (Å²) in [5.74, 6) is 0.485. The van der Waals surface area contributed by atoms with Gasteiger partial charge in [0.05, 0.1) is 10.0 Å². The smallest absolute Gasteiger partial charge is 0.202 e. The summed E-state index contributed by atoms with van der Waals surface area (Å²) in [6.45, 7) is 0.725. The summed E-state index contributed by atoms with van der Waals surface area (Å²) in [4.78, 5) is 4.45. The Morgan fingerprint density at radius 1 is 1.00 bits per heavy atom. The second-order valence-corrected chi connectivity index (χ2v) is 6.81. The van der Waals surface area contributed by atoms with Crippen molar-refractivity contribution in [1.82, 2.24) is 9.36 Å². The van der Waals surface area contributed by atoms with Crippen LogP contribution in [0.3, 0.4) is 0 Å². The van der Waals surface area contributed by atoms with Crippen LogP contribution in [-0.2, 0) is 12.8 Å². The second kappa shape index (κ2) is 7.92. The molecule has 3 aromatic rings. The normalized spacial score (nSPS) is 10.8. The van der Waals surface area contributed by atoms with E-state index in [9.17, 15) is 4.39 Å². The fraction of sp³-hybridized carbons (Fsp3) is 0.176. The van der Waals surface area contributed by atoms with Gasteiger partial charge in [0, 0.05) is 24.5 Å². The van der Waals surface area contributed by atoms with E-state index >= 15 is 0 Å². The summed E-state index contributed by atoms with van der Waals surface area (Å²) < 4.78 is 17.2. The highest BCUT2D eigenvalue weighted by Gasteiger charge is 2.06. The van der Waals surface area contributed by atoms with Crippen molar-refractivity contribution >= 4 is 39.9 Å². The summed E-state index contributed by atoms with van der Waals surface area (Å²) in [5, 5.41) is 5.14. The predicted octanol–water partition coefficient (Wildman–Crippen LogP) is 5.23. The Labute approximate surface area is 153 Å². The molecule has 3 nitrogen and oxygen atoms in total. The Bertz CT molecular complexity index is 821. The molecule has 3 rings (SSSR count). The van der Waals surface area contributed by atoms with Gasteiger partial charge in [0.15, 0.2) is 0 Å². The lowest BCUT2D eigenvalue weighted by Gasteiger charge is -2.04. The highest BCUT2D eigenvalue weighted by atomic mass is 35.5. The standard InChI is InChI=1S/C17H14Cl2FN3S/c18-14-6-3-12(9-15(14)19)7-8-21-17-22-16(23-24-17)10-11-1-4-13(20)5-2-11/h1-6,9H,7-8,10H2,(H,21,22,23). The Morgan fingerprint density at radius 3 is 2.50 bits per heavy atom. The van der Waals surface area contributed by atoms with Gasteiger partial charge in [-0.25, -0.2) is 9.37 Å². The molecule has 0 aliphatic heterocycles. The molecule has 0 unspecified atom stereocenters. The predicted molar refractivity (Wildman–Crippen MR) is 97.8 cm³/mol. The van der Waals surface area contributed by atoms with Gasteiger partial charge in [-0.1, -0.05) is 41.4 Å². The molecular formula is C17H14Cl2FN3S. The molecule has 2 aromatic carbocycles. The SMILES string of the molecule is Fc1ccc(Cc2nsc(NCCc3ccc(Cl)c(Cl)c3)n2)cc1. The van der Waals surface area contributed by atoms with Crippen molar-refractivity contribution < 1.29 is 4.39 Å². The number of nitrogens with one attached hydrogen (secondary N) is 1. The molecule has 1 aromatic heterocycles. The lowest BCUT2D eigenvalue weighted by atomic mass is 10.1. The van der Waals surface area contributed by atoms with Gasteiger partial charge in [-0.3, -0.25) is 0 Å². The van der Waals surface area contributed by atoms with Crippen LogP contribution in [0.2, 0.25) is 10.0 Å². The summed E-state index contributed by atoms with van der Waals surface area (Å²) >= 11 is 13.2. The van der Waals surface area contributed by atoms with Gasteiger partial charge in [0.2, 0.25) is 5.13 Å². The van der Waals surface area contributed by atoms with Crippen LogP contribution < -0.4 is 5.32 Å². The number of nitrogens with zero attached hydrogens (tertiary/aromatic N) is 2. The first-order valence-corrected chi connectivity index (χ1v) is 8.88. The van der Waals surface area contributed by atoms with Crippen molar-refractivity contribution in [1.29, 1.82) is 0 Å². The van der Waals surface area contributed by atoms with E-state index in [0.29, 0.717) is 16.5 Å². The number of anilines is 1. The molecule has 0 fully saturated rings. The molecular weight excluding hydrogens is 368 g/mol. The average Bonchev–Trinajstić information content (AvgIpc) is 3.00. The third-order valence-corrected chi connectivity index (χ3v) is 4.87. The molecule has 0 spiro atoms. The minimum absolute atomic E-state index is 0.241. The lowest BCUT2D eigenvalue weighted by molar-refractivity contribution is 0.627. The molecule has 0 bridgehead atoms. The molecule has 0 amide bonds. The number of aromatic nitrogens is 2. The zero-order valence-corrected chi connectivity index (χ0v) is 14.9. The molecule has 1 heterocycles. The van der Waals surface area contributed by atoms with Gasteiger partial charge in [0.25, 0.3) is 0 Å². The van der Waals surface area contributed by atoms with E-state index in [1.807, 2.05) is 12.1 Å². The first-order chi connectivity index (χ1) is 11.6.